The van der Waals surface area contributed by atoms with Crippen molar-refractivity contribution in [1.29, 1.82) is 0 Å². The Kier molecular flexibility index (Phi) is 9.37. The predicted molar refractivity (Wildman–Crippen MR) is 123 cm³/mol. The fourth-order valence-electron chi connectivity index (χ4n) is 3.13. The summed E-state index contributed by atoms with van der Waals surface area (Å²) in [5.41, 5.74) is 2.10. The summed E-state index contributed by atoms with van der Waals surface area (Å²) in [7, 11) is 0. The highest BCUT2D eigenvalue weighted by Gasteiger charge is 2.29. The van der Waals surface area contributed by atoms with E-state index >= 15 is 0 Å². The van der Waals surface area contributed by atoms with Gasteiger partial charge < -0.3 is 15.0 Å². The molecule has 0 fully saturated rings. The van der Waals surface area contributed by atoms with Gasteiger partial charge in [-0.2, -0.15) is 0 Å². The molecule has 1 N–H and O–H groups in total. The fourth-order valence-corrected chi connectivity index (χ4v) is 3.39. The van der Waals surface area contributed by atoms with E-state index in [4.69, 9.17) is 4.74 Å². The summed E-state index contributed by atoms with van der Waals surface area (Å²) in [4.78, 5) is 27.7. The van der Waals surface area contributed by atoms with Crippen molar-refractivity contribution in [3.05, 3.63) is 64.1 Å². The van der Waals surface area contributed by atoms with Crippen LogP contribution in [0.1, 0.15) is 44.7 Å². The van der Waals surface area contributed by atoms with E-state index in [9.17, 15) is 9.59 Å². The van der Waals surface area contributed by atoms with Crippen LogP contribution in [0.4, 0.5) is 0 Å². The van der Waals surface area contributed by atoms with Crippen molar-refractivity contribution >= 4 is 27.7 Å². The van der Waals surface area contributed by atoms with E-state index in [2.05, 4.69) is 21.2 Å². The summed E-state index contributed by atoms with van der Waals surface area (Å²) in [5.74, 6) is 0.265. The molecular weight excluding hydrogens is 444 g/mol. The van der Waals surface area contributed by atoms with Crippen molar-refractivity contribution in [3.63, 3.8) is 0 Å². The Morgan fingerprint density at radius 1 is 1.10 bits per heavy atom. The minimum Gasteiger partial charge on any atom is -0.484 e. The second-order valence-electron chi connectivity index (χ2n) is 7.50. The second-order valence-corrected chi connectivity index (χ2v) is 8.41. The van der Waals surface area contributed by atoms with Crippen molar-refractivity contribution in [2.24, 2.45) is 0 Å². The molecule has 2 amide bonds. The molecule has 162 valence electrons. The quantitative estimate of drug-likeness (QED) is 0.534. The first-order valence-electron chi connectivity index (χ1n) is 10.4. The molecular formula is C24H31BrN2O3. The molecule has 2 atom stereocenters. The maximum atomic E-state index is 13.1. The fraction of sp³-hybridized carbons (Fsp3) is 0.417. The molecule has 0 saturated carbocycles. The second kappa shape index (κ2) is 11.7. The maximum Gasteiger partial charge on any atom is 0.261 e. The molecule has 0 aliphatic carbocycles. The topological polar surface area (TPSA) is 58.6 Å². The number of nitrogens with one attached hydrogen (secondary N) is 1. The van der Waals surface area contributed by atoms with Crippen molar-refractivity contribution in [2.45, 2.75) is 59.2 Å². The molecule has 0 unspecified atom stereocenters. The lowest BCUT2D eigenvalue weighted by Gasteiger charge is -2.31. The van der Waals surface area contributed by atoms with Gasteiger partial charge in [-0.1, -0.05) is 59.6 Å². The van der Waals surface area contributed by atoms with Crippen molar-refractivity contribution in [3.8, 4) is 5.75 Å². The summed E-state index contributed by atoms with van der Waals surface area (Å²) in [5, 5.41) is 3.01. The number of rotatable bonds is 10. The molecule has 0 saturated heterocycles. The van der Waals surface area contributed by atoms with Crippen LogP contribution in [0.25, 0.3) is 0 Å². The molecule has 2 aromatic carbocycles. The number of ether oxygens (including phenoxy) is 1. The lowest BCUT2D eigenvalue weighted by atomic mass is 10.1. The molecule has 0 bridgehead atoms. The van der Waals surface area contributed by atoms with Gasteiger partial charge >= 0.3 is 0 Å². The highest BCUT2D eigenvalue weighted by atomic mass is 79.9. The lowest BCUT2D eigenvalue weighted by molar-refractivity contribution is -0.143. The van der Waals surface area contributed by atoms with Gasteiger partial charge in [0.1, 0.15) is 11.8 Å². The largest absolute Gasteiger partial charge is 0.484 e. The number of aryl methyl sites for hydroxylation is 1. The van der Waals surface area contributed by atoms with E-state index in [0.29, 0.717) is 18.7 Å². The van der Waals surface area contributed by atoms with Gasteiger partial charge in [-0.05, 0) is 56.5 Å². The zero-order valence-electron chi connectivity index (χ0n) is 18.2. The first-order valence-corrected chi connectivity index (χ1v) is 11.2. The first kappa shape index (κ1) is 23.9. The molecule has 0 aliphatic rings. The van der Waals surface area contributed by atoms with Crippen LogP contribution in [-0.2, 0) is 16.1 Å². The van der Waals surface area contributed by atoms with E-state index < -0.39 is 6.04 Å². The third kappa shape index (κ3) is 7.17. The van der Waals surface area contributed by atoms with Crippen LogP contribution in [0.3, 0.4) is 0 Å². The molecule has 30 heavy (non-hydrogen) atoms. The maximum absolute atomic E-state index is 13.1. The van der Waals surface area contributed by atoms with Gasteiger partial charge in [0.05, 0.1) is 0 Å². The van der Waals surface area contributed by atoms with Gasteiger partial charge in [0.15, 0.2) is 6.61 Å². The highest BCUT2D eigenvalue weighted by molar-refractivity contribution is 9.10. The zero-order chi connectivity index (χ0) is 22.1. The molecule has 0 aromatic heterocycles. The van der Waals surface area contributed by atoms with Crippen LogP contribution in [0.15, 0.2) is 53.0 Å². The van der Waals surface area contributed by atoms with E-state index in [1.165, 1.54) is 0 Å². The summed E-state index contributed by atoms with van der Waals surface area (Å²) >= 11 is 3.39. The monoisotopic (exact) mass is 474 g/mol. The highest BCUT2D eigenvalue weighted by Crippen LogP contribution is 2.18. The third-order valence-electron chi connectivity index (χ3n) is 5.00. The summed E-state index contributed by atoms with van der Waals surface area (Å²) in [6.45, 7) is 8.16. The van der Waals surface area contributed by atoms with Crippen LogP contribution in [0.2, 0.25) is 0 Å². The summed E-state index contributed by atoms with van der Waals surface area (Å²) in [6.07, 6.45) is 1.36. The number of carbonyl (C=O) groups excluding carboxylic acids is 2. The number of halogens is 1. The Bertz CT molecular complexity index is 839. The smallest absolute Gasteiger partial charge is 0.261 e. The predicted octanol–water partition coefficient (Wildman–Crippen LogP) is 4.86. The number of carbonyl (C=O) groups is 2. The molecule has 2 aromatic rings. The van der Waals surface area contributed by atoms with Crippen LogP contribution in [0, 0.1) is 6.92 Å². The number of nitrogens with zero attached hydrogens (tertiary/aromatic N) is 1. The molecule has 5 nitrogen and oxygen atoms in total. The molecule has 6 heteroatoms. The van der Waals surface area contributed by atoms with Crippen molar-refractivity contribution in [1.82, 2.24) is 10.2 Å². The van der Waals surface area contributed by atoms with E-state index in [0.717, 1.165) is 22.0 Å². The Balaban J connectivity index is 2.20. The third-order valence-corrected chi connectivity index (χ3v) is 5.53. The molecule has 0 radical (unpaired) electrons. The first-order chi connectivity index (χ1) is 14.3. The normalized spacial score (nSPS) is 12.7. The van der Waals surface area contributed by atoms with Crippen LogP contribution >= 0.6 is 15.9 Å². The van der Waals surface area contributed by atoms with Gasteiger partial charge in [0.2, 0.25) is 5.91 Å². The molecule has 0 aliphatic heterocycles. The SMILES string of the molecule is CC[C@@H](C)NC(=O)[C@H](CC)N(Cc1cccc(C)c1)C(=O)COc1ccc(Br)cc1. The number of hydrogen-bond acceptors (Lipinski definition) is 3. The molecule has 2 rings (SSSR count). The van der Waals surface area contributed by atoms with Gasteiger partial charge in [0.25, 0.3) is 5.91 Å². The zero-order valence-corrected chi connectivity index (χ0v) is 19.7. The average Bonchev–Trinajstić information content (AvgIpc) is 2.72. The number of benzene rings is 2. The number of amides is 2. The van der Waals surface area contributed by atoms with Crippen molar-refractivity contribution < 1.29 is 14.3 Å². The summed E-state index contributed by atoms with van der Waals surface area (Å²) < 4.78 is 6.64. The Morgan fingerprint density at radius 2 is 1.80 bits per heavy atom. The molecule has 0 heterocycles. The lowest BCUT2D eigenvalue weighted by Crippen LogP contribution is -2.51. The minimum atomic E-state index is -0.555. The Hall–Kier alpha value is -2.34. The number of hydrogen-bond donors (Lipinski definition) is 1. The van der Waals surface area contributed by atoms with Gasteiger partial charge in [0, 0.05) is 17.1 Å². The van der Waals surface area contributed by atoms with E-state index in [1.54, 1.807) is 17.0 Å². The average molecular weight is 475 g/mol. The van der Waals surface area contributed by atoms with Gasteiger partial charge in [-0.15, -0.1) is 0 Å². The Labute approximate surface area is 187 Å². The van der Waals surface area contributed by atoms with Crippen molar-refractivity contribution in [2.75, 3.05) is 6.61 Å². The Morgan fingerprint density at radius 3 is 2.40 bits per heavy atom. The molecule has 0 spiro atoms. The minimum absolute atomic E-state index is 0.0569. The van der Waals surface area contributed by atoms with Crippen LogP contribution in [-0.4, -0.2) is 35.4 Å². The van der Waals surface area contributed by atoms with E-state index in [1.807, 2.05) is 64.1 Å². The standard InChI is InChI=1S/C24H31BrN2O3/c1-5-18(4)26-24(29)22(6-2)27(15-19-9-7-8-17(3)14-19)23(28)16-30-21-12-10-20(25)11-13-21/h7-14,18,22H,5-6,15-16H2,1-4H3,(H,26,29)/t18-,22+/m1/s1. The van der Waals surface area contributed by atoms with Gasteiger partial charge in [-0.25, -0.2) is 0 Å². The van der Waals surface area contributed by atoms with Gasteiger partial charge in [-0.3, -0.25) is 9.59 Å². The van der Waals surface area contributed by atoms with Crippen LogP contribution < -0.4 is 10.1 Å². The van der Waals surface area contributed by atoms with Crippen LogP contribution in [0.5, 0.6) is 5.75 Å². The summed E-state index contributed by atoms with van der Waals surface area (Å²) in [6, 6.07) is 14.8. The van der Waals surface area contributed by atoms with E-state index in [-0.39, 0.29) is 24.5 Å².